The quantitative estimate of drug-likeness (QED) is 0.541. The molecule has 2 heteroatoms. The van der Waals surface area contributed by atoms with Gasteiger partial charge in [0.05, 0.1) is 6.61 Å². The Kier molecular flexibility index (Phi) is 1.66. The van der Waals surface area contributed by atoms with Crippen molar-refractivity contribution in [2.45, 2.75) is 31.2 Å². The predicted molar refractivity (Wildman–Crippen MR) is 40.0 cm³/mol. The standard InChI is InChI=1S/C8H15NO/c1-2-5-9-8(3-1)4-6-10-7-8/h9H,1-7H2. The molecular formula is C8H15NO. The van der Waals surface area contributed by atoms with Gasteiger partial charge < -0.3 is 10.1 Å². The maximum Gasteiger partial charge on any atom is 0.0649 e. The minimum Gasteiger partial charge on any atom is -0.379 e. The van der Waals surface area contributed by atoms with Crippen LogP contribution in [0.4, 0.5) is 0 Å². The summed E-state index contributed by atoms with van der Waals surface area (Å²) in [4.78, 5) is 0. The molecule has 0 amide bonds. The lowest BCUT2D eigenvalue weighted by atomic mass is 9.88. The van der Waals surface area contributed by atoms with Crippen LogP contribution in [0.2, 0.25) is 0 Å². The van der Waals surface area contributed by atoms with Gasteiger partial charge in [-0.25, -0.2) is 0 Å². The highest BCUT2D eigenvalue weighted by molar-refractivity contribution is 4.93. The summed E-state index contributed by atoms with van der Waals surface area (Å²) in [5.41, 5.74) is 0.401. The number of ether oxygens (including phenoxy) is 1. The molecule has 1 spiro atoms. The summed E-state index contributed by atoms with van der Waals surface area (Å²) in [5.74, 6) is 0. The lowest BCUT2D eigenvalue weighted by molar-refractivity contribution is 0.153. The van der Waals surface area contributed by atoms with Crippen molar-refractivity contribution < 1.29 is 4.74 Å². The average molecular weight is 141 g/mol. The molecule has 1 unspecified atom stereocenters. The second kappa shape index (κ2) is 2.51. The van der Waals surface area contributed by atoms with Crippen LogP contribution in [-0.2, 0) is 4.74 Å². The third kappa shape index (κ3) is 1.06. The highest BCUT2D eigenvalue weighted by Gasteiger charge is 2.35. The van der Waals surface area contributed by atoms with E-state index in [4.69, 9.17) is 4.74 Å². The normalized spacial score (nSPS) is 40.8. The van der Waals surface area contributed by atoms with E-state index in [0.717, 1.165) is 13.2 Å². The monoisotopic (exact) mass is 141 g/mol. The maximum absolute atomic E-state index is 5.38. The maximum atomic E-state index is 5.38. The Labute approximate surface area is 61.9 Å². The summed E-state index contributed by atoms with van der Waals surface area (Å²) in [6.07, 6.45) is 5.29. The third-order valence-corrected chi connectivity index (χ3v) is 2.69. The molecule has 0 aromatic carbocycles. The van der Waals surface area contributed by atoms with Crippen LogP contribution in [0.5, 0.6) is 0 Å². The molecule has 0 saturated carbocycles. The SMILES string of the molecule is C1CCC2(CCOC2)NC1. The second-order valence-corrected chi connectivity index (χ2v) is 3.47. The number of nitrogens with one attached hydrogen (secondary N) is 1. The van der Waals surface area contributed by atoms with Crippen LogP contribution in [0, 0.1) is 0 Å². The van der Waals surface area contributed by atoms with Crippen LogP contribution in [0.1, 0.15) is 25.7 Å². The first-order valence-electron chi connectivity index (χ1n) is 4.24. The summed E-state index contributed by atoms with van der Waals surface area (Å²) in [6.45, 7) is 3.11. The van der Waals surface area contributed by atoms with Gasteiger partial charge in [0, 0.05) is 12.1 Å². The van der Waals surface area contributed by atoms with E-state index in [1.54, 1.807) is 0 Å². The highest BCUT2D eigenvalue weighted by atomic mass is 16.5. The summed E-state index contributed by atoms with van der Waals surface area (Å²) in [6, 6.07) is 0. The number of hydrogen-bond acceptors (Lipinski definition) is 2. The van der Waals surface area contributed by atoms with Crippen molar-refractivity contribution in [2.24, 2.45) is 0 Å². The van der Waals surface area contributed by atoms with Gasteiger partial charge in [-0.1, -0.05) is 6.42 Å². The fourth-order valence-corrected chi connectivity index (χ4v) is 1.97. The Hall–Kier alpha value is -0.0800. The molecule has 0 aromatic rings. The zero-order valence-corrected chi connectivity index (χ0v) is 6.36. The molecule has 2 nitrogen and oxygen atoms in total. The Morgan fingerprint density at radius 3 is 2.80 bits per heavy atom. The van der Waals surface area contributed by atoms with Gasteiger partial charge in [0.2, 0.25) is 0 Å². The molecule has 10 heavy (non-hydrogen) atoms. The van der Waals surface area contributed by atoms with Gasteiger partial charge in [0.1, 0.15) is 0 Å². The minimum absolute atomic E-state index is 0.401. The minimum atomic E-state index is 0.401. The fraction of sp³-hybridized carbons (Fsp3) is 1.00. The molecule has 2 aliphatic heterocycles. The second-order valence-electron chi connectivity index (χ2n) is 3.47. The molecule has 0 aliphatic carbocycles. The van der Waals surface area contributed by atoms with Gasteiger partial charge in [-0.15, -0.1) is 0 Å². The Bertz CT molecular complexity index is 110. The van der Waals surface area contributed by atoms with E-state index >= 15 is 0 Å². The van der Waals surface area contributed by atoms with Gasteiger partial charge in [0.25, 0.3) is 0 Å². The molecule has 1 atom stereocenters. The van der Waals surface area contributed by atoms with E-state index in [1.165, 1.54) is 32.2 Å². The molecule has 1 N–H and O–H groups in total. The summed E-state index contributed by atoms with van der Waals surface area (Å²) in [5, 5.41) is 3.57. The number of piperidine rings is 1. The van der Waals surface area contributed by atoms with E-state index in [9.17, 15) is 0 Å². The van der Waals surface area contributed by atoms with Gasteiger partial charge in [-0.2, -0.15) is 0 Å². The first-order chi connectivity index (χ1) is 4.91. The molecule has 2 aliphatic rings. The van der Waals surface area contributed by atoms with Crippen molar-refractivity contribution in [3.8, 4) is 0 Å². The molecule has 2 saturated heterocycles. The van der Waals surface area contributed by atoms with Crippen LogP contribution in [0.25, 0.3) is 0 Å². The van der Waals surface area contributed by atoms with E-state index in [1.807, 2.05) is 0 Å². The van der Waals surface area contributed by atoms with Crippen LogP contribution in [-0.4, -0.2) is 25.3 Å². The highest BCUT2D eigenvalue weighted by Crippen LogP contribution is 2.27. The molecule has 2 rings (SSSR count). The lowest BCUT2D eigenvalue weighted by Crippen LogP contribution is -2.48. The molecule has 2 fully saturated rings. The largest absolute Gasteiger partial charge is 0.379 e. The smallest absolute Gasteiger partial charge is 0.0649 e. The zero-order chi connectivity index (χ0) is 6.86. The van der Waals surface area contributed by atoms with Crippen molar-refractivity contribution >= 4 is 0 Å². The van der Waals surface area contributed by atoms with Crippen LogP contribution in [0.3, 0.4) is 0 Å². The van der Waals surface area contributed by atoms with Crippen molar-refractivity contribution in [1.82, 2.24) is 5.32 Å². The van der Waals surface area contributed by atoms with Crippen molar-refractivity contribution in [3.05, 3.63) is 0 Å². The van der Waals surface area contributed by atoms with E-state index in [-0.39, 0.29) is 0 Å². The average Bonchev–Trinajstić information content (AvgIpc) is 2.39. The topological polar surface area (TPSA) is 21.3 Å². The fourth-order valence-electron chi connectivity index (χ4n) is 1.97. The van der Waals surface area contributed by atoms with Crippen molar-refractivity contribution in [1.29, 1.82) is 0 Å². The van der Waals surface area contributed by atoms with Gasteiger partial charge >= 0.3 is 0 Å². The molecule has 0 bridgehead atoms. The molecular weight excluding hydrogens is 126 g/mol. The lowest BCUT2D eigenvalue weighted by Gasteiger charge is -2.32. The Morgan fingerprint density at radius 2 is 2.20 bits per heavy atom. The first kappa shape index (κ1) is 6.62. The van der Waals surface area contributed by atoms with Crippen LogP contribution < -0.4 is 5.32 Å². The van der Waals surface area contributed by atoms with Gasteiger partial charge in [-0.3, -0.25) is 0 Å². The summed E-state index contributed by atoms with van der Waals surface area (Å²) >= 11 is 0. The zero-order valence-electron chi connectivity index (χ0n) is 6.36. The van der Waals surface area contributed by atoms with Crippen LogP contribution in [0.15, 0.2) is 0 Å². The molecule has 2 heterocycles. The molecule has 58 valence electrons. The Morgan fingerprint density at radius 1 is 1.20 bits per heavy atom. The predicted octanol–water partition coefficient (Wildman–Crippen LogP) is 0.919. The van der Waals surface area contributed by atoms with Crippen molar-refractivity contribution in [2.75, 3.05) is 19.8 Å². The van der Waals surface area contributed by atoms with Gasteiger partial charge in [0.15, 0.2) is 0 Å². The van der Waals surface area contributed by atoms with Crippen molar-refractivity contribution in [3.63, 3.8) is 0 Å². The summed E-state index contributed by atoms with van der Waals surface area (Å²) < 4.78 is 5.38. The molecule has 0 radical (unpaired) electrons. The first-order valence-corrected chi connectivity index (χ1v) is 4.24. The van der Waals surface area contributed by atoms with E-state index in [0.29, 0.717) is 5.54 Å². The number of hydrogen-bond donors (Lipinski definition) is 1. The van der Waals surface area contributed by atoms with Gasteiger partial charge in [-0.05, 0) is 25.8 Å². The molecule has 0 aromatic heterocycles. The van der Waals surface area contributed by atoms with E-state index in [2.05, 4.69) is 5.32 Å². The number of rotatable bonds is 0. The Balaban J connectivity index is 1.98. The summed E-state index contributed by atoms with van der Waals surface area (Å²) in [7, 11) is 0. The van der Waals surface area contributed by atoms with Crippen LogP contribution >= 0.6 is 0 Å². The third-order valence-electron chi connectivity index (χ3n) is 2.69. The van der Waals surface area contributed by atoms with E-state index < -0.39 is 0 Å².